The van der Waals surface area contributed by atoms with E-state index in [2.05, 4.69) is 0 Å². The minimum atomic E-state index is -0.559. The fourth-order valence-electron chi connectivity index (χ4n) is 2.19. The first-order valence-corrected chi connectivity index (χ1v) is 8.17. The Labute approximate surface area is 143 Å². The van der Waals surface area contributed by atoms with E-state index in [-0.39, 0.29) is 19.0 Å². The second-order valence-corrected chi connectivity index (χ2v) is 5.80. The quantitative estimate of drug-likeness (QED) is 0.767. The van der Waals surface area contributed by atoms with E-state index in [0.29, 0.717) is 11.5 Å². The Hall–Kier alpha value is -2.33. The van der Waals surface area contributed by atoms with Crippen molar-refractivity contribution < 1.29 is 19.4 Å². The summed E-state index contributed by atoms with van der Waals surface area (Å²) in [5.74, 6) is 1.22. The van der Waals surface area contributed by atoms with Crippen molar-refractivity contribution in [2.45, 2.75) is 32.8 Å². The Bertz CT molecular complexity index is 632. The summed E-state index contributed by atoms with van der Waals surface area (Å²) in [6.07, 6.45) is 1.01. The van der Waals surface area contributed by atoms with Crippen molar-refractivity contribution in [2.24, 2.45) is 0 Å². The van der Waals surface area contributed by atoms with Crippen LogP contribution < -0.4 is 9.47 Å². The van der Waals surface area contributed by atoms with Crippen LogP contribution in [0.4, 0.5) is 0 Å². The lowest BCUT2D eigenvalue weighted by atomic mass is 10.1. The molecule has 4 heteroatoms. The van der Waals surface area contributed by atoms with Gasteiger partial charge in [-0.25, -0.2) is 0 Å². The van der Waals surface area contributed by atoms with Crippen molar-refractivity contribution in [3.63, 3.8) is 0 Å². The molecule has 2 aromatic carbocycles. The zero-order valence-corrected chi connectivity index (χ0v) is 14.2. The maximum atomic E-state index is 12.1. The molecule has 0 radical (unpaired) electrons. The fourth-order valence-corrected chi connectivity index (χ4v) is 2.19. The van der Waals surface area contributed by atoms with Crippen LogP contribution in [0.1, 0.15) is 24.5 Å². The van der Waals surface area contributed by atoms with Gasteiger partial charge in [-0.15, -0.1) is 0 Å². The van der Waals surface area contributed by atoms with E-state index in [1.807, 2.05) is 55.5 Å². The minimum Gasteiger partial charge on any atom is -0.486 e. The molecule has 0 aliphatic carbocycles. The Morgan fingerprint density at radius 3 is 2.29 bits per heavy atom. The van der Waals surface area contributed by atoms with E-state index >= 15 is 0 Å². The number of aliphatic hydroxyl groups excluding tert-OH is 1. The zero-order chi connectivity index (χ0) is 17.4. The molecule has 0 heterocycles. The summed E-state index contributed by atoms with van der Waals surface area (Å²) < 4.78 is 11.2. The average molecular weight is 328 g/mol. The van der Waals surface area contributed by atoms with Crippen LogP contribution in [-0.2, 0) is 11.2 Å². The van der Waals surface area contributed by atoms with Gasteiger partial charge >= 0.3 is 0 Å². The molecule has 0 amide bonds. The molecule has 1 unspecified atom stereocenters. The number of aryl methyl sites for hydroxylation is 2. The highest BCUT2D eigenvalue weighted by atomic mass is 16.5. The Balaban J connectivity index is 1.80. The van der Waals surface area contributed by atoms with Crippen molar-refractivity contribution in [2.75, 3.05) is 13.2 Å². The molecular formula is C20H24O4. The Kier molecular flexibility index (Phi) is 6.82. The van der Waals surface area contributed by atoms with Crippen molar-refractivity contribution in [1.29, 1.82) is 0 Å². The van der Waals surface area contributed by atoms with Gasteiger partial charge in [0.05, 0.1) is 0 Å². The average Bonchev–Trinajstić information content (AvgIpc) is 2.60. The highest BCUT2D eigenvalue weighted by Gasteiger charge is 2.15. The summed E-state index contributed by atoms with van der Waals surface area (Å²) in [7, 11) is 0. The van der Waals surface area contributed by atoms with E-state index in [0.717, 1.165) is 24.0 Å². The molecule has 0 spiro atoms. The SMILES string of the molecule is Cc1ccc(OC(C)C(=O)COc2ccc(CCCO)cc2)cc1. The molecule has 0 saturated carbocycles. The molecule has 2 rings (SSSR count). The molecule has 0 fully saturated rings. The van der Waals surface area contributed by atoms with E-state index in [1.165, 1.54) is 0 Å². The molecule has 2 aromatic rings. The molecule has 1 N–H and O–H groups in total. The van der Waals surface area contributed by atoms with Crippen LogP contribution in [0.5, 0.6) is 11.5 Å². The fraction of sp³-hybridized carbons (Fsp3) is 0.350. The van der Waals surface area contributed by atoms with Gasteiger partial charge in [-0.1, -0.05) is 29.8 Å². The van der Waals surface area contributed by atoms with Crippen LogP contribution in [0.25, 0.3) is 0 Å². The lowest BCUT2D eigenvalue weighted by Gasteiger charge is -2.14. The van der Waals surface area contributed by atoms with Crippen molar-refractivity contribution in [3.05, 3.63) is 59.7 Å². The van der Waals surface area contributed by atoms with Gasteiger partial charge in [0, 0.05) is 6.61 Å². The lowest BCUT2D eigenvalue weighted by Crippen LogP contribution is -2.28. The summed E-state index contributed by atoms with van der Waals surface area (Å²) in [5, 5.41) is 8.82. The summed E-state index contributed by atoms with van der Waals surface area (Å²) in [6, 6.07) is 15.2. The third kappa shape index (κ3) is 5.70. The van der Waals surface area contributed by atoms with Gasteiger partial charge in [0.25, 0.3) is 0 Å². The van der Waals surface area contributed by atoms with Crippen LogP contribution in [-0.4, -0.2) is 30.2 Å². The summed E-state index contributed by atoms with van der Waals surface area (Å²) in [6.45, 7) is 3.89. The first-order valence-electron chi connectivity index (χ1n) is 8.17. The van der Waals surface area contributed by atoms with Gasteiger partial charge < -0.3 is 14.6 Å². The molecule has 24 heavy (non-hydrogen) atoms. The van der Waals surface area contributed by atoms with Crippen LogP contribution in [0.15, 0.2) is 48.5 Å². The van der Waals surface area contributed by atoms with Gasteiger partial charge in [-0.05, 0) is 56.5 Å². The molecule has 1 atom stereocenters. The minimum absolute atomic E-state index is 0.0248. The number of ketones is 1. The number of benzene rings is 2. The number of Topliss-reactive ketones (excluding diaryl/α,β-unsaturated/α-hetero) is 1. The smallest absolute Gasteiger partial charge is 0.210 e. The maximum Gasteiger partial charge on any atom is 0.210 e. The number of hydrogen-bond donors (Lipinski definition) is 1. The number of hydrogen-bond acceptors (Lipinski definition) is 4. The van der Waals surface area contributed by atoms with E-state index in [9.17, 15) is 4.79 Å². The standard InChI is InChI=1S/C20H24O4/c1-15-5-9-19(10-6-15)24-16(2)20(22)14-23-18-11-7-17(8-12-18)4-3-13-21/h5-12,16,21H,3-4,13-14H2,1-2H3. The molecule has 0 aliphatic rings. The van der Waals surface area contributed by atoms with Gasteiger partial charge in [0.15, 0.2) is 12.7 Å². The van der Waals surface area contributed by atoms with Crippen LogP contribution in [0, 0.1) is 6.92 Å². The molecule has 0 aromatic heterocycles. The van der Waals surface area contributed by atoms with Gasteiger partial charge in [0.1, 0.15) is 11.5 Å². The van der Waals surface area contributed by atoms with Crippen molar-refractivity contribution >= 4 is 5.78 Å². The van der Waals surface area contributed by atoms with Gasteiger partial charge in [0.2, 0.25) is 5.78 Å². The lowest BCUT2D eigenvalue weighted by molar-refractivity contribution is -0.127. The van der Waals surface area contributed by atoms with Crippen molar-refractivity contribution in [3.8, 4) is 11.5 Å². The van der Waals surface area contributed by atoms with E-state index < -0.39 is 6.10 Å². The number of carbonyl (C=O) groups is 1. The number of ether oxygens (including phenoxy) is 2. The normalized spacial score (nSPS) is 11.8. The third-order valence-electron chi connectivity index (χ3n) is 3.72. The zero-order valence-electron chi connectivity index (χ0n) is 14.2. The maximum absolute atomic E-state index is 12.1. The predicted octanol–water partition coefficient (Wildman–Crippen LogP) is 3.34. The summed E-state index contributed by atoms with van der Waals surface area (Å²) in [5.41, 5.74) is 2.28. The van der Waals surface area contributed by atoms with Crippen molar-refractivity contribution in [1.82, 2.24) is 0 Å². The molecule has 0 bridgehead atoms. The van der Waals surface area contributed by atoms with Gasteiger partial charge in [-0.3, -0.25) is 4.79 Å². The molecular weight excluding hydrogens is 304 g/mol. The number of carbonyl (C=O) groups excluding carboxylic acids is 1. The Morgan fingerprint density at radius 1 is 1.04 bits per heavy atom. The van der Waals surface area contributed by atoms with Crippen LogP contribution >= 0.6 is 0 Å². The monoisotopic (exact) mass is 328 g/mol. The molecule has 128 valence electrons. The second-order valence-electron chi connectivity index (χ2n) is 5.80. The first kappa shape index (κ1) is 18.0. The summed E-state index contributed by atoms with van der Waals surface area (Å²) >= 11 is 0. The second kappa shape index (κ2) is 9.08. The summed E-state index contributed by atoms with van der Waals surface area (Å²) in [4.78, 5) is 12.1. The van der Waals surface area contributed by atoms with Crippen LogP contribution in [0.2, 0.25) is 0 Å². The highest BCUT2D eigenvalue weighted by molar-refractivity contribution is 5.84. The van der Waals surface area contributed by atoms with Gasteiger partial charge in [-0.2, -0.15) is 0 Å². The number of rotatable bonds is 9. The first-order chi connectivity index (χ1) is 11.6. The largest absolute Gasteiger partial charge is 0.486 e. The van der Waals surface area contributed by atoms with Crippen LogP contribution in [0.3, 0.4) is 0 Å². The molecule has 0 aliphatic heterocycles. The predicted molar refractivity (Wildman–Crippen MR) is 93.6 cm³/mol. The molecule has 0 saturated heterocycles. The Morgan fingerprint density at radius 2 is 1.67 bits per heavy atom. The number of aliphatic hydroxyl groups is 1. The third-order valence-corrected chi connectivity index (χ3v) is 3.72. The molecule has 4 nitrogen and oxygen atoms in total. The topological polar surface area (TPSA) is 55.8 Å². The van der Waals surface area contributed by atoms with E-state index in [1.54, 1.807) is 6.92 Å². The highest BCUT2D eigenvalue weighted by Crippen LogP contribution is 2.15. The van der Waals surface area contributed by atoms with E-state index in [4.69, 9.17) is 14.6 Å².